The Morgan fingerprint density at radius 1 is 0.970 bits per heavy atom. The zero-order chi connectivity index (χ0) is 24.0. The lowest BCUT2D eigenvalue weighted by Gasteiger charge is -2.14. The van der Waals surface area contributed by atoms with Gasteiger partial charge in [-0.3, -0.25) is 4.79 Å². The number of ether oxygens (including phenoxy) is 3. The van der Waals surface area contributed by atoms with Gasteiger partial charge in [-0.15, -0.1) is 11.3 Å². The van der Waals surface area contributed by atoms with E-state index in [1.165, 1.54) is 18.4 Å². The van der Waals surface area contributed by atoms with E-state index in [0.717, 1.165) is 34.4 Å². The van der Waals surface area contributed by atoms with E-state index in [9.17, 15) is 9.59 Å². The number of carbonyl (C=O) groups excluding carboxylic acids is 2. The van der Waals surface area contributed by atoms with E-state index in [1.54, 1.807) is 0 Å². The second kappa shape index (κ2) is 11.0. The molecule has 0 radical (unpaired) electrons. The first-order valence-corrected chi connectivity index (χ1v) is 11.7. The molecular weight excluding hydrogens is 438 g/mol. The quantitative estimate of drug-likeness (QED) is 0.395. The lowest BCUT2D eigenvalue weighted by Crippen LogP contribution is -2.21. The van der Waals surface area contributed by atoms with Crippen molar-refractivity contribution in [1.29, 1.82) is 0 Å². The molecule has 0 aliphatic rings. The second-order valence-electron chi connectivity index (χ2n) is 7.71. The number of anilines is 1. The number of rotatable bonds is 9. The van der Waals surface area contributed by atoms with Crippen LogP contribution in [0.3, 0.4) is 0 Å². The van der Waals surface area contributed by atoms with E-state index in [0.29, 0.717) is 28.5 Å². The van der Waals surface area contributed by atoms with Crippen molar-refractivity contribution < 1.29 is 23.8 Å². The Bertz CT molecular complexity index is 1130. The number of hydrogen-bond donors (Lipinski definition) is 1. The first-order chi connectivity index (χ1) is 15.8. The minimum absolute atomic E-state index is 0.164. The van der Waals surface area contributed by atoms with Crippen molar-refractivity contribution in [3.8, 4) is 22.6 Å². The molecule has 0 aliphatic carbocycles. The van der Waals surface area contributed by atoms with Crippen molar-refractivity contribution >= 4 is 28.2 Å². The number of hydrogen-bond acceptors (Lipinski definition) is 6. The van der Waals surface area contributed by atoms with Crippen molar-refractivity contribution in [3.63, 3.8) is 0 Å². The molecule has 33 heavy (non-hydrogen) atoms. The molecule has 0 aliphatic heterocycles. The molecule has 6 nitrogen and oxygen atoms in total. The lowest BCUT2D eigenvalue weighted by molar-refractivity contribution is -0.118. The van der Waals surface area contributed by atoms with E-state index >= 15 is 0 Å². The summed E-state index contributed by atoms with van der Waals surface area (Å²) in [5.74, 6) is 0.606. The number of carbonyl (C=O) groups is 2. The van der Waals surface area contributed by atoms with E-state index < -0.39 is 5.97 Å². The molecule has 3 rings (SSSR count). The third-order valence-corrected chi connectivity index (χ3v) is 6.19. The van der Waals surface area contributed by atoms with E-state index in [1.807, 2.05) is 69.5 Å². The van der Waals surface area contributed by atoms with Crippen molar-refractivity contribution in [2.45, 2.75) is 34.1 Å². The van der Waals surface area contributed by atoms with E-state index in [2.05, 4.69) is 5.32 Å². The number of thiophene rings is 1. The molecule has 0 saturated heterocycles. The minimum atomic E-state index is -0.515. The van der Waals surface area contributed by atoms with Gasteiger partial charge < -0.3 is 19.5 Å². The predicted octanol–water partition coefficient (Wildman–Crippen LogP) is 5.93. The largest absolute Gasteiger partial charge is 0.494 e. The molecule has 2 aromatic carbocycles. The van der Waals surface area contributed by atoms with Crippen molar-refractivity contribution in [2.75, 3.05) is 25.6 Å². The normalized spacial score (nSPS) is 10.6. The Morgan fingerprint density at radius 3 is 2.33 bits per heavy atom. The fraction of sp³-hybridized carbons (Fsp3) is 0.308. The van der Waals surface area contributed by atoms with Crippen LogP contribution < -0.4 is 14.8 Å². The third kappa shape index (κ3) is 5.73. The van der Waals surface area contributed by atoms with Gasteiger partial charge in [-0.2, -0.15) is 0 Å². The van der Waals surface area contributed by atoms with Gasteiger partial charge in [-0.25, -0.2) is 4.79 Å². The monoisotopic (exact) mass is 467 g/mol. The molecule has 3 aromatic rings. The van der Waals surface area contributed by atoms with Gasteiger partial charge in [0.05, 0.1) is 13.7 Å². The highest BCUT2D eigenvalue weighted by molar-refractivity contribution is 7.15. The molecule has 0 atom stereocenters. The van der Waals surface area contributed by atoms with Crippen LogP contribution in [-0.4, -0.2) is 32.2 Å². The Kier molecular flexibility index (Phi) is 8.11. The average Bonchev–Trinajstić information content (AvgIpc) is 3.23. The summed E-state index contributed by atoms with van der Waals surface area (Å²) in [5.41, 5.74) is 4.90. The Hall–Kier alpha value is -3.32. The highest BCUT2D eigenvalue weighted by atomic mass is 32.1. The summed E-state index contributed by atoms with van der Waals surface area (Å²) < 4.78 is 16.4. The molecule has 0 bridgehead atoms. The molecule has 0 saturated carbocycles. The Balaban J connectivity index is 1.78. The van der Waals surface area contributed by atoms with Gasteiger partial charge in [0.1, 0.15) is 22.1 Å². The first-order valence-electron chi connectivity index (χ1n) is 10.8. The van der Waals surface area contributed by atoms with Gasteiger partial charge >= 0.3 is 5.97 Å². The molecule has 0 fully saturated rings. The maximum atomic E-state index is 12.6. The topological polar surface area (TPSA) is 73.9 Å². The molecule has 1 N–H and O–H groups in total. The second-order valence-corrected chi connectivity index (χ2v) is 8.59. The Labute approximate surface area is 198 Å². The minimum Gasteiger partial charge on any atom is -0.494 e. The van der Waals surface area contributed by atoms with Gasteiger partial charge in [0, 0.05) is 10.9 Å². The number of nitrogens with one attached hydrogen (secondary N) is 1. The summed E-state index contributed by atoms with van der Waals surface area (Å²) in [6.07, 6.45) is 0.925. The van der Waals surface area contributed by atoms with Crippen LogP contribution >= 0.6 is 11.3 Å². The first kappa shape index (κ1) is 24.3. The van der Waals surface area contributed by atoms with Gasteiger partial charge in [0.2, 0.25) is 0 Å². The van der Waals surface area contributed by atoms with E-state index in [-0.39, 0.29) is 12.5 Å². The van der Waals surface area contributed by atoms with Crippen LogP contribution in [0.15, 0.2) is 41.8 Å². The maximum Gasteiger partial charge on any atom is 0.341 e. The summed E-state index contributed by atoms with van der Waals surface area (Å²) in [5, 5.41) is 5.07. The summed E-state index contributed by atoms with van der Waals surface area (Å²) in [6.45, 7) is 8.44. The predicted molar refractivity (Wildman–Crippen MR) is 132 cm³/mol. The van der Waals surface area contributed by atoms with Crippen molar-refractivity contribution in [3.05, 3.63) is 64.0 Å². The lowest BCUT2D eigenvalue weighted by atomic mass is 10.0. The van der Waals surface area contributed by atoms with Crippen LogP contribution in [0, 0.1) is 20.8 Å². The SMILES string of the molecule is CCCOc1ccc(-c2csc(NC(=O)COc3c(C)ccc(C)c3C)c2C(=O)OC)cc1. The van der Waals surface area contributed by atoms with Crippen LogP contribution in [0.1, 0.15) is 40.4 Å². The smallest absolute Gasteiger partial charge is 0.341 e. The molecule has 1 amide bonds. The summed E-state index contributed by atoms with van der Waals surface area (Å²) in [7, 11) is 1.32. The molecule has 7 heteroatoms. The molecule has 0 unspecified atom stereocenters. The van der Waals surface area contributed by atoms with Gasteiger partial charge in [-0.05, 0) is 61.6 Å². The fourth-order valence-electron chi connectivity index (χ4n) is 3.37. The number of amides is 1. The molecular formula is C26H29NO5S. The number of esters is 1. The standard InChI is InChI=1S/C26H29NO5S/c1-6-13-31-20-11-9-19(10-12-20)21-15-33-25(23(21)26(29)30-5)27-22(28)14-32-24-17(3)8-7-16(2)18(24)4/h7-12,15H,6,13-14H2,1-5H3,(H,27,28). The van der Waals surface area contributed by atoms with Crippen LogP contribution in [0.5, 0.6) is 11.5 Å². The van der Waals surface area contributed by atoms with Gasteiger partial charge in [0.15, 0.2) is 6.61 Å². The van der Waals surface area contributed by atoms with Crippen LogP contribution in [0.2, 0.25) is 0 Å². The summed E-state index contributed by atoms with van der Waals surface area (Å²) in [4.78, 5) is 25.2. The van der Waals surface area contributed by atoms with E-state index in [4.69, 9.17) is 14.2 Å². The van der Waals surface area contributed by atoms with Crippen LogP contribution in [-0.2, 0) is 9.53 Å². The van der Waals surface area contributed by atoms with Crippen LogP contribution in [0.4, 0.5) is 5.00 Å². The van der Waals surface area contributed by atoms with Crippen LogP contribution in [0.25, 0.3) is 11.1 Å². The van der Waals surface area contributed by atoms with Crippen molar-refractivity contribution in [1.82, 2.24) is 0 Å². The fourth-order valence-corrected chi connectivity index (χ4v) is 4.34. The Morgan fingerprint density at radius 2 is 1.67 bits per heavy atom. The third-order valence-electron chi connectivity index (χ3n) is 5.29. The highest BCUT2D eigenvalue weighted by Crippen LogP contribution is 2.37. The molecule has 174 valence electrons. The summed E-state index contributed by atoms with van der Waals surface area (Å²) >= 11 is 1.27. The molecule has 1 aromatic heterocycles. The zero-order valence-electron chi connectivity index (χ0n) is 19.6. The van der Waals surface area contributed by atoms with Crippen molar-refractivity contribution in [2.24, 2.45) is 0 Å². The summed E-state index contributed by atoms with van der Waals surface area (Å²) in [6, 6.07) is 11.5. The molecule has 1 heterocycles. The average molecular weight is 468 g/mol. The number of aryl methyl sites for hydroxylation is 2. The maximum absolute atomic E-state index is 12.6. The highest BCUT2D eigenvalue weighted by Gasteiger charge is 2.22. The molecule has 0 spiro atoms. The van der Waals surface area contributed by atoms with Gasteiger partial charge in [-0.1, -0.05) is 31.2 Å². The number of benzene rings is 2. The number of methoxy groups -OCH3 is 1. The zero-order valence-corrected chi connectivity index (χ0v) is 20.4. The van der Waals surface area contributed by atoms with Gasteiger partial charge in [0.25, 0.3) is 5.91 Å².